The lowest BCUT2D eigenvalue weighted by atomic mass is 10.2. The SMILES string of the molecule is CC#CCn1c(NCCN)nc2nc(Oc3ccccc3C(=O)N3CCSC3)n(C)c(=O)c21. The van der Waals surface area contributed by atoms with Crippen LogP contribution in [0.15, 0.2) is 29.1 Å². The lowest BCUT2D eigenvalue weighted by Gasteiger charge is -2.17. The second-order valence-corrected chi connectivity index (χ2v) is 8.37. The Hall–Kier alpha value is -3.49. The molecule has 4 rings (SSSR count). The highest BCUT2D eigenvalue weighted by Crippen LogP contribution is 2.27. The zero-order chi connectivity index (χ0) is 23.4. The Morgan fingerprint density at radius 1 is 1.33 bits per heavy atom. The van der Waals surface area contributed by atoms with Crippen molar-refractivity contribution in [2.75, 3.05) is 36.6 Å². The molecular formula is C22H25N7O3S. The summed E-state index contributed by atoms with van der Waals surface area (Å²) in [6, 6.07) is 7.00. The summed E-state index contributed by atoms with van der Waals surface area (Å²) in [5.41, 5.74) is 6.23. The molecule has 1 amide bonds. The summed E-state index contributed by atoms with van der Waals surface area (Å²) < 4.78 is 8.99. The van der Waals surface area contributed by atoms with Crippen LogP contribution in [-0.2, 0) is 13.6 Å². The van der Waals surface area contributed by atoms with Gasteiger partial charge < -0.3 is 20.7 Å². The molecule has 0 radical (unpaired) electrons. The summed E-state index contributed by atoms with van der Waals surface area (Å²) in [5.74, 6) is 8.02. The molecule has 10 nitrogen and oxygen atoms in total. The van der Waals surface area contributed by atoms with Crippen molar-refractivity contribution in [2.24, 2.45) is 12.8 Å². The summed E-state index contributed by atoms with van der Waals surface area (Å²) >= 11 is 1.71. The number of amides is 1. The van der Waals surface area contributed by atoms with E-state index in [0.717, 1.165) is 5.75 Å². The number of carbonyl (C=O) groups excluding carboxylic acids is 1. The third-order valence-corrected chi connectivity index (χ3v) is 6.11. The Bertz CT molecular complexity index is 1300. The second-order valence-electron chi connectivity index (χ2n) is 7.30. The first-order chi connectivity index (χ1) is 16.0. The average molecular weight is 468 g/mol. The van der Waals surface area contributed by atoms with Gasteiger partial charge in [-0.25, -0.2) is 0 Å². The van der Waals surface area contributed by atoms with E-state index in [0.29, 0.717) is 48.3 Å². The molecule has 0 saturated carbocycles. The lowest BCUT2D eigenvalue weighted by molar-refractivity contribution is 0.0800. The number of nitrogens with zero attached hydrogens (tertiary/aromatic N) is 5. The second kappa shape index (κ2) is 9.97. The number of aromatic nitrogens is 4. The van der Waals surface area contributed by atoms with Crippen LogP contribution in [0.25, 0.3) is 11.2 Å². The molecule has 172 valence electrons. The fourth-order valence-corrected chi connectivity index (χ4v) is 4.38. The minimum Gasteiger partial charge on any atom is -0.425 e. The van der Waals surface area contributed by atoms with Gasteiger partial charge in [-0.05, 0) is 19.1 Å². The van der Waals surface area contributed by atoms with Crippen LogP contribution < -0.4 is 21.3 Å². The first kappa shape index (κ1) is 22.7. The number of benzene rings is 1. The monoisotopic (exact) mass is 467 g/mol. The van der Waals surface area contributed by atoms with Crippen molar-refractivity contribution in [3.05, 3.63) is 40.2 Å². The van der Waals surface area contributed by atoms with Crippen LogP contribution in [0.2, 0.25) is 0 Å². The summed E-state index contributed by atoms with van der Waals surface area (Å²) in [7, 11) is 1.57. The summed E-state index contributed by atoms with van der Waals surface area (Å²) in [5, 5.41) is 3.11. The Balaban J connectivity index is 1.75. The zero-order valence-corrected chi connectivity index (χ0v) is 19.3. The van der Waals surface area contributed by atoms with Crippen LogP contribution in [0.5, 0.6) is 11.8 Å². The minimum atomic E-state index is -0.332. The fourth-order valence-electron chi connectivity index (χ4n) is 3.44. The first-order valence-corrected chi connectivity index (χ1v) is 11.6. The van der Waals surface area contributed by atoms with Gasteiger partial charge >= 0.3 is 6.01 Å². The van der Waals surface area contributed by atoms with E-state index in [-0.39, 0.29) is 29.7 Å². The summed E-state index contributed by atoms with van der Waals surface area (Å²) in [6.07, 6.45) is 0. The van der Waals surface area contributed by atoms with Gasteiger partial charge in [-0.1, -0.05) is 18.1 Å². The predicted octanol–water partition coefficient (Wildman–Crippen LogP) is 1.46. The molecule has 0 atom stereocenters. The van der Waals surface area contributed by atoms with Gasteiger partial charge in [0.15, 0.2) is 11.2 Å². The molecule has 0 aliphatic carbocycles. The topological polar surface area (TPSA) is 120 Å². The molecular weight excluding hydrogens is 442 g/mol. The van der Waals surface area contributed by atoms with E-state index in [2.05, 4.69) is 27.1 Å². The van der Waals surface area contributed by atoms with Crippen LogP contribution in [0.4, 0.5) is 5.95 Å². The fraction of sp³-hybridized carbons (Fsp3) is 0.364. The van der Waals surface area contributed by atoms with Crippen LogP contribution in [0.1, 0.15) is 17.3 Å². The molecule has 0 unspecified atom stereocenters. The van der Waals surface area contributed by atoms with Gasteiger partial charge in [-0.15, -0.1) is 17.7 Å². The van der Waals surface area contributed by atoms with E-state index < -0.39 is 0 Å². The molecule has 1 aliphatic rings. The maximum Gasteiger partial charge on any atom is 0.306 e. The van der Waals surface area contributed by atoms with Crippen molar-refractivity contribution in [3.8, 4) is 23.6 Å². The number of anilines is 1. The molecule has 2 aromatic heterocycles. The van der Waals surface area contributed by atoms with E-state index in [9.17, 15) is 9.59 Å². The van der Waals surface area contributed by atoms with Gasteiger partial charge in [0.25, 0.3) is 11.5 Å². The zero-order valence-electron chi connectivity index (χ0n) is 18.5. The van der Waals surface area contributed by atoms with Crippen LogP contribution in [0.3, 0.4) is 0 Å². The van der Waals surface area contributed by atoms with E-state index in [1.165, 1.54) is 4.57 Å². The van der Waals surface area contributed by atoms with Gasteiger partial charge in [0, 0.05) is 32.4 Å². The van der Waals surface area contributed by atoms with E-state index >= 15 is 0 Å². The molecule has 3 N–H and O–H groups in total. The summed E-state index contributed by atoms with van der Waals surface area (Å²) in [4.78, 5) is 36.9. The number of thioether (sulfide) groups is 1. The Labute approximate surface area is 195 Å². The minimum absolute atomic E-state index is 0.0418. The normalized spacial score (nSPS) is 13.1. The number of nitrogens with one attached hydrogen (secondary N) is 1. The van der Waals surface area contributed by atoms with E-state index in [1.54, 1.807) is 59.5 Å². The highest BCUT2D eigenvalue weighted by Gasteiger charge is 2.24. The number of ether oxygens (including phenoxy) is 1. The van der Waals surface area contributed by atoms with Gasteiger partial charge in [-0.3, -0.25) is 18.7 Å². The van der Waals surface area contributed by atoms with Crippen molar-refractivity contribution >= 4 is 34.8 Å². The quantitative estimate of drug-likeness (QED) is 0.501. The Kier molecular flexibility index (Phi) is 6.86. The lowest BCUT2D eigenvalue weighted by Crippen LogP contribution is -2.28. The number of hydrogen-bond acceptors (Lipinski definition) is 8. The Morgan fingerprint density at radius 2 is 2.15 bits per heavy atom. The van der Waals surface area contributed by atoms with Crippen LogP contribution >= 0.6 is 11.8 Å². The van der Waals surface area contributed by atoms with Crippen molar-refractivity contribution in [3.63, 3.8) is 0 Å². The molecule has 1 saturated heterocycles. The average Bonchev–Trinajstić information content (AvgIpc) is 3.48. The van der Waals surface area contributed by atoms with Crippen molar-refractivity contribution in [1.82, 2.24) is 24.0 Å². The smallest absolute Gasteiger partial charge is 0.306 e. The number of rotatable bonds is 7. The summed E-state index contributed by atoms with van der Waals surface area (Å²) in [6.45, 7) is 3.59. The largest absolute Gasteiger partial charge is 0.425 e. The number of carbonyl (C=O) groups is 1. The Morgan fingerprint density at radius 3 is 2.88 bits per heavy atom. The number of fused-ring (bicyclic) bond motifs is 1. The molecule has 3 aromatic rings. The molecule has 3 heterocycles. The molecule has 0 spiro atoms. The van der Waals surface area contributed by atoms with Crippen molar-refractivity contribution in [2.45, 2.75) is 13.5 Å². The number of para-hydroxylation sites is 1. The number of imidazole rings is 1. The van der Waals surface area contributed by atoms with Gasteiger partial charge in [0.2, 0.25) is 5.95 Å². The van der Waals surface area contributed by atoms with Crippen molar-refractivity contribution < 1.29 is 9.53 Å². The van der Waals surface area contributed by atoms with Crippen molar-refractivity contribution in [1.29, 1.82) is 0 Å². The molecule has 0 bridgehead atoms. The van der Waals surface area contributed by atoms with Crippen LogP contribution in [0, 0.1) is 11.8 Å². The van der Waals surface area contributed by atoms with E-state index in [4.69, 9.17) is 10.5 Å². The molecule has 1 aromatic carbocycles. The van der Waals surface area contributed by atoms with Gasteiger partial charge in [0.05, 0.1) is 18.0 Å². The highest BCUT2D eigenvalue weighted by molar-refractivity contribution is 7.99. The molecule has 11 heteroatoms. The highest BCUT2D eigenvalue weighted by atomic mass is 32.2. The standard InChI is InChI=1S/C22H25N7O3S/c1-3-4-11-29-17-18(25-21(29)24-10-9-23)26-22(27(2)20(17)31)32-16-8-6-5-7-15(16)19(30)28-12-13-33-14-28/h5-8H,9-14,23H2,1-2H3,(H,24,25). The number of hydrogen-bond donors (Lipinski definition) is 2. The molecule has 1 fully saturated rings. The third-order valence-electron chi connectivity index (χ3n) is 5.14. The third kappa shape index (κ3) is 4.53. The van der Waals surface area contributed by atoms with Crippen LogP contribution in [-0.4, -0.2) is 61.2 Å². The maximum absolute atomic E-state index is 13.2. The molecule has 33 heavy (non-hydrogen) atoms. The van der Waals surface area contributed by atoms with E-state index in [1.807, 2.05) is 0 Å². The number of nitrogens with two attached hydrogens (primary N) is 1. The predicted molar refractivity (Wildman–Crippen MR) is 129 cm³/mol. The van der Waals surface area contributed by atoms with Gasteiger partial charge in [0.1, 0.15) is 5.75 Å². The first-order valence-electron chi connectivity index (χ1n) is 10.5. The van der Waals surface area contributed by atoms with Gasteiger partial charge in [-0.2, -0.15) is 9.97 Å². The molecule has 1 aliphatic heterocycles. The maximum atomic E-state index is 13.2.